The molecule has 0 radical (unpaired) electrons. The normalized spacial score (nSPS) is 13.6. The van der Waals surface area contributed by atoms with Crippen molar-refractivity contribution in [2.24, 2.45) is 0 Å². The summed E-state index contributed by atoms with van der Waals surface area (Å²) in [6, 6.07) is 6.13. The van der Waals surface area contributed by atoms with Crippen molar-refractivity contribution in [3.05, 3.63) is 42.4 Å². The number of aromatic amines is 1. The van der Waals surface area contributed by atoms with E-state index in [1.807, 2.05) is 0 Å². The number of hydrogen-bond donors (Lipinski definition) is 2. The van der Waals surface area contributed by atoms with Gasteiger partial charge in [0.15, 0.2) is 5.03 Å². The maximum atomic E-state index is 12.3. The molecule has 0 saturated carbocycles. The lowest BCUT2D eigenvalue weighted by Gasteiger charge is -2.23. The molecule has 2 rings (SSSR count). The van der Waals surface area contributed by atoms with Gasteiger partial charge in [0.2, 0.25) is 0 Å². The molecule has 0 fully saturated rings. The Balaban J connectivity index is 2.32. The van der Waals surface area contributed by atoms with E-state index >= 15 is 0 Å². The zero-order valence-electron chi connectivity index (χ0n) is 10.6. The van der Waals surface area contributed by atoms with Crippen molar-refractivity contribution < 1.29 is 13.5 Å². The van der Waals surface area contributed by atoms with Crippen LogP contribution in [0.15, 0.2) is 41.8 Å². The van der Waals surface area contributed by atoms with Gasteiger partial charge in [-0.15, -0.1) is 0 Å². The van der Waals surface area contributed by atoms with Crippen molar-refractivity contribution >= 4 is 10.0 Å². The second-order valence-corrected chi connectivity index (χ2v) is 6.17. The number of imidazole rings is 1. The monoisotopic (exact) mass is 281 g/mol. The average molecular weight is 281 g/mol. The Hall–Kier alpha value is -1.86. The minimum Gasteiger partial charge on any atom is -0.508 e. The summed E-state index contributed by atoms with van der Waals surface area (Å²) in [5, 5.41) is 9.49. The van der Waals surface area contributed by atoms with Crippen molar-refractivity contribution in [1.29, 1.82) is 0 Å². The zero-order valence-corrected chi connectivity index (χ0v) is 11.4. The highest BCUT2D eigenvalue weighted by molar-refractivity contribution is 7.89. The van der Waals surface area contributed by atoms with E-state index in [-0.39, 0.29) is 10.8 Å². The van der Waals surface area contributed by atoms with Gasteiger partial charge >= 0.3 is 0 Å². The molecular weight excluding hydrogens is 266 g/mol. The largest absolute Gasteiger partial charge is 0.508 e. The zero-order chi connectivity index (χ0) is 14.0. The Bertz CT molecular complexity index is 653. The number of benzene rings is 1. The second-order valence-electron chi connectivity index (χ2n) is 4.21. The molecule has 1 unspecified atom stereocenters. The van der Waals surface area contributed by atoms with E-state index in [0.29, 0.717) is 5.56 Å². The quantitative estimate of drug-likeness (QED) is 0.889. The molecule has 1 heterocycles. The van der Waals surface area contributed by atoms with Gasteiger partial charge in [-0.1, -0.05) is 12.1 Å². The Kier molecular flexibility index (Phi) is 3.59. The second kappa shape index (κ2) is 5.02. The van der Waals surface area contributed by atoms with Crippen LogP contribution in [0.1, 0.15) is 18.5 Å². The molecule has 1 aromatic heterocycles. The van der Waals surface area contributed by atoms with E-state index in [1.54, 1.807) is 31.2 Å². The SMILES string of the molecule is CC(c1cccc(O)c1)N(C)S(=O)(=O)c1cnc[nH]1. The van der Waals surface area contributed by atoms with Gasteiger partial charge in [-0.25, -0.2) is 13.4 Å². The number of aromatic hydroxyl groups is 1. The Morgan fingerprint density at radius 2 is 2.16 bits per heavy atom. The van der Waals surface area contributed by atoms with Gasteiger partial charge in [-0.05, 0) is 24.6 Å². The van der Waals surface area contributed by atoms with Crippen LogP contribution in [0.3, 0.4) is 0 Å². The highest BCUT2D eigenvalue weighted by Crippen LogP contribution is 2.26. The number of H-pyrrole nitrogens is 1. The average Bonchev–Trinajstić information content (AvgIpc) is 2.91. The lowest BCUT2D eigenvalue weighted by molar-refractivity contribution is 0.394. The van der Waals surface area contributed by atoms with Gasteiger partial charge in [0, 0.05) is 13.1 Å². The first-order valence-electron chi connectivity index (χ1n) is 5.68. The van der Waals surface area contributed by atoms with E-state index in [4.69, 9.17) is 0 Å². The van der Waals surface area contributed by atoms with Crippen LogP contribution in [-0.2, 0) is 10.0 Å². The molecule has 7 heteroatoms. The van der Waals surface area contributed by atoms with E-state index < -0.39 is 16.1 Å². The molecule has 0 saturated heterocycles. The third-order valence-corrected chi connectivity index (χ3v) is 4.88. The van der Waals surface area contributed by atoms with Gasteiger partial charge in [0.05, 0.1) is 12.5 Å². The first-order valence-corrected chi connectivity index (χ1v) is 7.12. The molecule has 2 N–H and O–H groups in total. The molecule has 0 amide bonds. The van der Waals surface area contributed by atoms with Gasteiger partial charge < -0.3 is 10.1 Å². The van der Waals surface area contributed by atoms with Crippen LogP contribution in [0.5, 0.6) is 5.75 Å². The highest BCUT2D eigenvalue weighted by atomic mass is 32.2. The summed E-state index contributed by atoms with van der Waals surface area (Å²) in [4.78, 5) is 6.30. The molecule has 0 aliphatic carbocycles. The number of nitrogens with one attached hydrogen (secondary N) is 1. The summed E-state index contributed by atoms with van der Waals surface area (Å²) >= 11 is 0. The number of sulfonamides is 1. The van der Waals surface area contributed by atoms with Crippen LogP contribution >= 0.6 is 0 Å². The number of phenols is 1. The first kappa shape index (κ1) is 13.6. The molecule has 6 nitrogen and oxygen atoms in total. The molecular formula is C12H15N3O3S. The maximum Gasteiger partial charge on any atom is 0.260 e. The van der Waals surface area contributed by atoms with Crippen LogP contribution in [-0.4, -0.2) is 34.8 Å². The fourth-order valence-corrected chi connectivity index (χ4v) is 2.99. The summed E-state index contributed by atoms with van der Waals surface area (Å²) in [5.41, 5.74) is 0.714. The predicted octanol–water partition coefficient (Wildman–Crippen LogP) is 1.50. The number of hydrogen-bond acceptors (Lipinski definition) is 4. The van der Waals surface area contributed by atoms with E-state index in [1.165, 1.54) is 23.9 Å². The van der Waals surface area contributed by atoms with E-state index in [9.17, 15) is 13.5 Å². The van der Waals surface area contributed by atoms with Crippen molar-refractivity contribution in [2.75, 3.05) is 7.05 Å². The summed E-state index contributed by atoms with van der Waals surface area (Å²) in [6.45, 7) is 1.75. The summed E-state index contributed by atoms with van der Waals surface area (Å²) < 4.78 is 25.8. The third-order valence-electron chi connectivity index (χ3n) is 3.03. The van der Waals surface area contributed by atoms with Crippen LogP contribution in [0.4, 0.5) is 0 Å². The fraction of sp³-hybridized carbons (Fsp3) is 0.250. The van der Waals surface area contributed by atoms with Crippen molar-refractivity contribution in [2.45, 2.75) is 18.0 Å². The Labute approximate surface area is 111 Å². The molecule has 1 atom stereocenters. The molecule has 1 aromatic carbocycles. The van der Waals surface area contributed by atoms with Crippen molar-refractivity contribution in [1.82, 2.24) is 14.3 Å². The topological polar surface area (TPSA) is 86.3 Å². The smallest absolute Gasteiger partial charge is 0.260 e. The van der Waals surface area contributed by atoms with Gasteiger partial charge in [-0.3, -0.25) is 0 Å². The lowest BCUT2D eigenvalue weighted by Crippen LogP contribution is -2.30. The van der Waals surface area contributed by atoms with E-state index in [0.717, 1.165) is 0 Å². The van der Waals surface area contributed by atoms with Crippen LogP contribution in [0.25, 0.3) is 0 Å². The van der Waals surface area contributed by atoms with Gasteiger partial charge in [0.25, 0.3) is 10.0 Å². The summed E-state index contributed by atoms with van der Waals surface area (Å²) in [5.74, 6) is 0.108. The molecule has 0 aliphatic rings. The number of aromatic nitrogens is 2. The molecule has 102 valence electrons. The first-order chi connectivity index (χ1) is 8.93. The van der Waals surface area contributed by atoms with Crippen LogP contribution in [0, 0.1) is 0 Å². The van der Waals surface area contributed by atoms with Crippen molar-refractivity contribution in [3.63, 3.8) is 0 Å². The number of phenolic OH excluding ortho intramolecular Hbond substituents is 1. The highest BCUT2D eigenvalue weighted by Gasteiger charge is 2.27. The molecule has 2 aromatic rings. The number of nitrogens with zero attached hydrogens (tertiary/aromatic N) is 2. The standard InChI is InChI=1S/C12H15N3O3S/c1-9(10-4-3-5-11(16)6-10)15(2)19(17,18)12-7-13-8-14-12/h3-9,16H,1-2H3,(H,13,14). The maximum absolute atomic E-state index is 12.3. The van der Waals surface area contributed by atoms with Gasteiger partial charge in [-0.2, -0.15) is 4.31 Å². The molecule has 0 aliphatic heterocycles. The van der Waals surface area contributed by atoms with Gasteiger partial charge in [0.1, 0.15) is 5.75 Å². The summed E-state index contributed by atoms with van der Waals surface area (Å²) in [6.07, 6.45) is 2.58. The Morgan fingerprint density at radius 3 is 2.74 bits per heavy atom. The third kappa shape index (κ3) is 2.61. The summed E-state index contributed by atoms with van der Waals surface area (Å²) in [7, 11) is -2.13. The molecule has 0 bridgehead atoms. The Morgan fingerprint density at radius 1 is 1.42 bits per heavy atom. The van der Waals surface area contributed by atoms with Crippen LogP contribution < -0.4 is 0 Å². The number of rotatable bonds is 4. The fourth-order valence-electron chi connectivity index (χ4n) is 1.74. The molecule has 0 spiro atoms. The predicted molar refractivity (Wildman–Crippen MR) is 70.1 cm³/mol. The minimum atomic E-state index is -3.62. The minimum absolute atomic E-state index is 0.0435. The van der Waals surface area contributed by atoms with E-state index in [2.05, 4.69) is 9.97 Å². The van der Waals surface area contributed by atoms with Crippen LogP contribution in [0.2, 0.25) is 0 Å². The lowest BCUT2D eigenvalue weighted by atomic mass is 10.1. The molecule has 19 heavy (non-hydrogen) atoms. The van der Waals surface area contributed by atoms with Crippen molar-refractivity contribution in [3.8, 4) is 5.75 Å².